The molecule has 1 nitrogen and oxygen atoms in total. The lowest BCUT2D eigenvalue weighted by atomic mass is 9.72. The summed E-state index contributed by atoms with van der Waals surface area (Å²) in [6.45, 7) is 2.22. The molecule has 1 aromatic rings. The molecule has 2 atom stereocenters. The lowest BCUT2D eigenvalue weighted by molar-refractivity contribution is -0.00530. The second-order valence-corrected chi connectivity index (χ2v) is 6.14. The van der Waals surface area contributed by atoms with Crippen LogP contribution in [0.3, 0.4) is 0 Å². The second-order valence-electron chi connectivity index (χ2n) is 6.14. The van der Waals surface area contributed by atoms with Gasteiger partial charge in [-0.25, -0.2) is 0 Å². The van der Waals surface area contributed by atoms with Crippen molar-refractivity contribution in [3.05, 3.63) is 35.4 Å². The highest BCUT2D eigenvalue weighted by Gasteiger charge is 2.43. The van der Waals surface area contributed by atoms with E-state index in [1.165, 1.54) is 43.2 Å². The van der Waals surface area contributed by atoms with Gasteiger partial charge in [-0.05, 0) is 55.1 Å². The fourth-order valence-electron chi connectivity index (χ4n) is 3.92. The predicted molar refractivity (Wildman–Crippen MR) is 74.6 cm³/mol. The Morgan fingerprint density at radius 1 is 1.17 bits per heavy atom. The van der Waals surface area contributed by atoms with Crippen LogP contribution >= 0.6 is 0 Å². The van der Waals surface area contributed by atoms with Gasteiger partial charge in [0.25, 0.3) is 0 Å². The normalized spacial score (nSPS) is 32.4. The van der Waals surface area contributed by atoms with Crippen molar-refractivity contribution >= 4 is 0 Å². The van der Waals surface area contributed by atoms with Gasteiger partial charge in [-0.15, -0.1) is 0 Å². The van der Waals surface area contributed by atoms with E-state index in [-0.39, 0.29) is 0 Å². The zero-order valence-corrected chi connectivity index (χ0v) is 11.4. The van der Waals surface area contributed by atoms with Gasteiger partial charge < -0.3 is 5.11 Å². The maximum Gasteiger partial charge on any atom is 0.0927 e. The summed E-state index contributed by atoms with van der Waals surface area (Å²) in [5, 5.41) is 11.2. The molecule has 98 valence electrons. The van der Waals surface area contributed by atoms with Crippen LogP contribution in [-0.4, -0.2) is 5.11 Å². The Kier molecular flexibility index (Phi) is 3.19. The van der Waals surface area contributed by atoms with Crippen molar-refractivity contribution in [2.75, 3.05) is 0 Å². The predicted octanol–water partition coefficient (Wildman–Crippen LogP) is 4.35. The van der Waals surface area contributed by atoms with Crippen LogP contribution in [0.25, 0.3) is 0 Å². The maximum absolute atomic E-state index is 11.2. The van der Waals surface area contributed by atoms with E-state index in [2.05, 4.69) is 31.2 Å². The SMILES string of the molecule is CCC1CCCC1(O)c1ccccc1C1CCC1. The molecule has 0 saturated heterocycles. The van der Waals surface area contributed by atoms with E-state index in [4.69, 9.17) is 0 Å². The van der Waals surface area contributed by atoms with E-state index in [0.717, 1.165) is 12.8 Å². The topological polar surface area (TPSA) is 20.2 Å². The molecule has 0 amide bonds. The standard InChI is InChI=1S/C17H24O/c1-2-14-9-6-12-17(14,18)16-11-4-3-10-15(16)13-7-5-8-13/h3-4,10-11,13-14,18H,2,5-9,12H2,1H3. The van der Waals surface area contributed by atoms with Crippen LogP contribution < -0.4 is 0 Å². The summed E-state index contributed by atoms with van der Waals surface area (Å²) in [6, 6.07) is 8.67. The molecule has 0 aliphatic heterocycles. The molecular formula is C17H24O. The third-order valence-corrected chi connectivity index (χ3v) is 5.25. The monoisotopic (exact) mass is 244 g/mol. The summed E-state index contributed by atoms with van der Waals surface area (Å²) < 4.78 is 0. The van der Waals surface area contributed by atoms with Gasteiger partial charge >= 0.3 is 0 Å². The van der Waals surface area contributed by atoms with Crippen molar-refractivity contribution in [1.82, 2.24) is 0 Å². The van der Waals surface area contributed by atoms with Gasteiger partial charge in [-0.2, -0.15) is 0 Å². The first-order valence-corrected chi connectivity index (χ1v) is 7.57. The van der Waals surface area contributed by atoms with Crippen LogP contribution in [0.15, 0.2) is 24.3 Å². The largest absolute Gasteiger partial charge is 0.385 e. The fourth-order valence-corrected chi connectivity index (χ4v) is 3.92. The molecule has 1 aromatic carbocycles. The molecule has 1 heteroatoms. The van der Waals surface area contributed by atoms with Crippen molar-refractivity contribution in [3.63, 3.8) is 0 Å². The van der Waals surface area contributed by atoms with Gasteiger partial charge in [0.15, 0.2) is 0 Å². The Morgan fingerprint density at radius 2 is 1.94 bits per heavy atom. The van der Waals surface area contributed by atoms with Crippen molar-refractivity contribution < 1.29 is 5.11 Å². The first-order valence-electron chi connectivity index (χ1n) is 7.57. The lowest BCUT2D eigenvalue weighted by Crippen LogP contribution is -2.32. The van der Waals surface area contributed by atoms with E-state index >= 15 is 0 Å². The molecule has 1 N–H and O–H groups in total. The number of hydrogen-bond donors (Lipinski definition) is 1. The van der Waals surface area contributed by atoms with Crippen LogP contribution in [-0.2, 0) is 5.60 Å². The molecule has 3 rings (SSSR count). The van der Waals surface area contributed by atoms with Crippen molar-refractivity contribution in [1.29, 1.82) is 0 Å². The number of hydrogen-bond acceptors (Lipinski definition) is 1. The minimum Gasteiger partial charge on any atom is -0.385 e. The van der Waals surface area contributed by atoms with Gasteiger partial charge in [0.05, 0.1) is 5.60 Å². The Bertz CT molecular complexity index is 421. The Labute approximate surface area is 110 Å². The number of aliphatic hydroxyl groups is 1. The highest BCUT2D eigenvalue weighted by Crippen LogP contribution is 2.49. The maximum atomic E-state index is 11.2. The first kappa shape index (κ1) is 12.2. The van der Waals surface area contributed by atoms with Crippen LogP contribution in [0.2, 0.25) is 0 Å². The van der Waals surface area contributed by atoms with Crippen LogP contribution in [0.4, 0.5) is 0 Å². The minimum atomic E-state index is -0.541. The van der Waals surface area contributed by atoms with Crippen molar-refractivity contribution in [3.8, 4) is 0 Å². The fraction of sp³-hybridized carbons (Fsp3) is 0.647. The average Bonchev–Trinajstić information content (AvgIpc) is 2.70. The Hall–Kier alpha value is -0.820. The molecule has 18 heavy (non-hydrogen) atoms. The third-order valence-electron chi connectivity index (χ3n) is 5.25. The van der Waals surface area contributed by atoms with Gasteiger partial charge in [0, 0.05) is 0 Å². The van der Waals surface area contributed by atoms with Crippen LogP contribution in [0.1, 0.15) is 68.9 Å². The molecule has 0 spiro atoms. The molecule has 0 radical (unpaired) electrons. The van der Waals surface area contributed by atoms with Crippen molar-refractivity contribution in [2.24, 2.45) is 5.92 Å². The Balaban J connectivity index is 2.00. The van der Waals surface area contributed by atoms with E-state index < -0.39 is 5.60 Å². The van der Waals surface area contributed by atoms with E-state index in [1.54, 1.807) is 0 Å². The smallest absolute Gasteiger partial charge is 0.0927 e. The minimum absolute atomic E-state index is 0.457. The van der Waals surface area contributed by atoms with E-state index in [0.29, 0.717) is 11.8 Å². The quantitative estimate of drug-likeness (QED) is 0.838. The Morgan fingerprint density at radius 3 is 2.61 bits per heavy atom. The molecule has 0 aromatic heterocycles. The summed E-state index contributed by atoms with van der Waals surface area (Å²) in [7, 11) is 0. The summed E-state index contributed by atoms with van der Waals surface area (Å²) in [4.78, 5) is 0. The molecule has 0 bridgehead atoms. The van der Waals surface area contributed by atoms with E-state index in [1.807, 2.05) is 0 Å². The summed E-state index contributed by atoms with van der Waals surface area (Å²) in [6.07, 6.45) is 8.38. The van der Waals surface area contributed by atoms with Gasteiger partial charge in [-0.3, -0.25) is 0 Å². The molecule has 2 unspecified atom stereocenters. The van der Waals surface area contributed by atoms with Crippen LogP contribution in [0, 0.1) is 5.92 Å². The summed E-state index contributed by atoms with van der Waals surface area (Å²) in [5.74, 6) is 1.17. The molecule has 0 heterocycles. The summed E-state index contributed by atoms with van der Waals surface area (Å²) in [5.41, 5.74) is 2.15. The van der Waals surface area contributed by atoms with E-state index in [9.17, 15) is 5.11 Å². The van der Waals surface area contributed by atoms with Gasteiger partial charge in [-0.1, -0.05) is 44.0 Å². The molecule has 2 aliphatic carbocycles. The number of benzene rings is 1. The molecular weight excluding hydrogens is 220 g/mol. The van der Waals surface area contributed by atoms with Crippen molar-refractivity contribution in [2.45, 2.75) is 63.4 Å². The summed E-state index contributed by atoms with van der Waals surface area (Å²) >= 11 is 0. The molecule has 2 aliphatic rings. The zero-order chi connectivity index (χ0) is 12.6. The molecule has 2 saturated carbocycles. The van der Waals surface area contributed by atoms with Gasteiger partial charge in [0.2, 0.25) is 0 Å². The van der Waals surface area contributed by atoms with Gasteiger partial charge in [0.1, 0.15) is 0 Å². The van der Waals surface area contributed by atoms with Crippen LogP contribution in [0.5, 0.6) is 0 Å². The molecule has 2 fully saturated rings. The number of rotatable bonds is 3. The average molecular weight is 244 g/mol. The third kappa shape index (κ3) is 1.80. The zero-order valence-electron chi connectivity index (χ0n) is 11.4. The first-order chi connectivity index (χ1) is 8.75. The second kappa shape index (κ2) is 4.70. The highest BCUT2D eigenvalue weighted by atomic mass is 16.3. The highest BCUT2D eigenvalue weighted by molar-refractivity contribution is 5.37. The lowest BCUT2D eigenvalue weighted by Gasteiger charge is -2.36.